The largest absolute Gasteiger partial charge is 1.00 e. The summed E-state index contributed by atoms with van der Waals surface area (Å²) in [6, 6.07) is 0. The van der Waals surface area contributed by atoms with E-state index in [-0.39, 0.29) is 18.9 Å². The SMILES string of the molecule is CO[Si-](OC)OC.[Li+]. The summed E-state index contributed by atoms with van der Waals surface area (Å²) in [5.41, 5.74) is 0. The molecule has 0 radical (unpaired) electrons. The molecule has 0 heterocycles. The van der Waals surface area contributed by atoms with Crippen LogP contribution in [-0.4, -0.2) is 30.9 Å². The van der Waals surface area contributed by atoms with Gasteiger partial charge in [-0.15, -0.1) is 0 Å². The van der Waals surface area contributed by atoms with Crippen LogP contribution in [-0.2, 0) is 13.3 Å². The molecular weight excluding hydrogens is 119 g/mol. The summed E-state index contributed by atoms with van der Waals surface area (Å²) in [4.78, 5) is 0. The van der Waals surface area contributed by atoms with Gasteiger partial charge in [-0.2, -0.15) is 0 Å². The Bertz CT molecular complexity index is 36.0. The van der Waals surface area contributed by atoms with E-state index < -0.39 is 9.53 Å². The third kappa shape index (κ3) is 4.84. The van der Waals surface area contributed by atoms with Gasteiger partial charge in [0.2, 0.25) is 9.53 Å². The third-order valence-electron chi connectivity index (χ3n) is 0.500. The average molecular weight is 128 g/mol. The van der Waals surface area contributed by atoms with Crippen molar-refractivity contribution in [3.05, 3.63) is 0 Å². The van der Waals surface area contributed by atoms with Crippen LogP contribution >= 0.6 is 0 Å². The van der Waals surface area contributed by atoms with Gasteiger partial charge in [0.1, 0.15) is 0 Å². The van der Waals surface area contributed by atoms with Gasteiger partial charge in [0.15, 0.2) is 0 Å². The average Bonchev–Trinajstić information content (AvgIpc) is 1.72. The minimum Gasteiger partial charge on any atom is -0.544 e. The molecule has 0 spiro atoms. The predicted molar refractivity (Wildman–Crippen MR) is 26.8 cm³/mol. The molecule has 0 aliphatic heterocycles. The second-order valence-electron chi connectivity index (χ2n) is 0.862. The molecule has 3 nitrogen and oxygen atoms in total. The van der Waals surface area contributed by atoms with Crippen LogP contribution in [0.3, 0.4) is 0 Å². The Morgan fingerprint density at radius 1 is 0.875 bits per heavy atom. The molecule has 0 unspecified atom stereocenters. The van der Waals surface area contributed by atoms with Crippen molar-refractivity contribution in [1.29, 1.82) is 0 Å². The van der Waals surface area contributed by atoms with E-state index >= 15 is 0 Å². The van der Waals surface area contributed by atoms with E-state index in [0.717, 1.165) is 0 Å². The van der Waals surface area contributed by atoms with E-state index in [1.807, 2.05) is 0 Å². The Morgan fingerprint density at radius 3 is 1.12 bits per heavy atom. The summed E-state index contributed by atoms with van der Waals surface area (Å²) in [7, 11) is 3.31. The van der Waals surface area contributed by atoms with Gasteiger partial charge in [-0.05, 0) is 21.3 Å². The Kier molecular flexibility index (Phi) is 11.0. The van der Waals surface area contributed by atoms with Crippen LogP contribution < -0.4 is 18.9 Å². The molecule has 0 saturated heterocycles. The summed E-state index contributed by atoms with van der Waals surface area (Å²) < 4.78 is 14.1. The number of rotatable bonds is 3. The second kappa shape index (κ2) is 7.69. The molecular formula is C3H9LiO3Si. The zero-order valence-electron chi connectivity index (χ0n) is 5.72. The minimum absolute atomic E-state index is 0. The Labute approximate surface area is 63.5 Å². The summed E-state index contributed by atoms with van der Waals surface area (Å²) in [6.45, 7) is 0. The zero-order valence-corrected chi connectivity index (χ0v) is 6.72. The molecule has 0 fully saturated rings. The van der Waals surface area contributed by atoms with E-state index in [0.29, 0.717) is 0 Å². The summed E-state index contributed by atoms with van der Waals surface area (Å²) >= 11 is 0. The molecule has 0 amide bonds. The van der Waals surface area contributed by atoms with Crippen molar-refractivity contribution >= 4 is 9.53 Å². The van der Waals surface area contributed by atoms with Crippen molar-refractivity contribution in [2.24, 2.45) is 0 Å². The van der Waals surface area contributed by atoms with Crippen LogP contribution in [0, 0.1) is 0 Å². The molecule has 0 atom stereocenters. The monoisotopic (exact) mass is 128 g/mol. The van der Waals surface area contributed by atoms with Gasteiger partial charge in [-0.1, -0.05) is 0 Å². The molecule has 0 aromatic heterocycles. The molecule has 0 aromatic carbocycles. The summed E-state index contributed by atoms with van der Waals surface area (Å²) in [5, 5.41) is 0. The number of hydrogen-bond acceptors (Lipinski definition) is 3. The fourth-order valence-electron chi connectivity index (χ4n) is 0.250. The van der Waals surface area contributed by atoms with Crippen LogP contribution in [0.5, 0.6) is 0 Å². The minimum atomic E-state index is -1.36. The standard InChI is InChI=1S/C3H9O3Si.Li/c1-4-7(5-2)6-3;/h1-3H3;/q-1;+1. The topological polar surface area (TPSA) is 27.7 Å². The normalized spacial score (nSPS) is 9.00. The van der Waals surface area contributed by atoms with E-state index in [1.165, 1.54) is 0 Å². The van der Waals surface area contributed by atoms with Gasteiger partial charge in [0.25, 0.3) is 0 Å². The van der Waals surface area contributed by atoms with Crippen molar-refractivity contribution in [3.63, 3.8) is 0 Å². The Hall–Kier alpha value is 0.694. The van der Waals surface area contributed by atoms with Gasteiger partial charge in [-0.25, -0.2) is 0 Å². The molecule has 5 heteroatoms. The van der Waals surface area contributed by atoms with Gasteiger partial charge in [0, 0.05) is 0 Å². The predicted octanol–water partition coefficient (Wildman–Crippen LogP) is -3.09. The summed E-state index contributed by atoms with van der Waals surface area (Å²) in [6.07, 6.45) is 0. The maximum atomic E-state index is 4.71. The van der Waals surface area contributed by atoms with Crippen LogP contribution in [0.1, 0.15) is 0 Å². The van der Waals surface area contributed by atoms with Gasteiger partial charge < -0.3 is 13.3 Å². The van der Waals surface area contributed by atoms with Crippen molar-refractivity contribution in [1.82, 2.24) is 0 Å². The van der Waals surface area contributed by atoms with Crippen molar-refractivity contribution < 1.29 is 32.1 Å². The third-order valence-corrected chi connectivity index (χ3v) is 1.50. The van der Waals surface area contributed by atoms with Crippen LogP contribution in [0.15, 0.2) is 0 Å². The first kappa shape index (κ1) is 11.5. The fraction of sp³-hybridized carbons (Fsp3) is 1.00. The van der Waals surface area contributed by atoms with Gasteiger partial charge in [0.05, 0.1) is 0 Å². The molecule has 0 aliphatic rings. The zero-order chi connectivity index (χ0) is 5.70. The fourth-order valence-corrected chi connectivity index (χ4v) is 0.750. The molecule has 44 valence electrons. The van der Waals surface area contributed by atoms with Crippen molar-refractivity contribution in [3.8, 4) is 0 Å². The summed E-state index contributed by atoms with van der Waals surface area (Å²) in [5.74, 6) is 0. The molecule has 0 bridgehead atoms. The maximum absolute atomic E-state index is 4.71. The van der Waals surface area contributed by atoms with Crippen molar-refractivity contribution in [2.75, 3.05) is 21.3 Å². The van der Waals surface area contributed by atoms with E-state index in [4.69, 9.17) is 13.3 Å². The first-order chi connectivity index (χ1) is 3.35. The van der Waals surface area contributed by atoms with Crippen LogP contribution in [0.2, 0.25) is 0 Å². The second-order valence-corrected chi connectivity index (χ2v) is 2.59. The van der Waals surface area contributed by atoms with Gasteiger partial charge in [-0.3, -0.25) is 0 Å². The van der Waals surface area contributed by atoms with Crippen LogP contribution in [0.25, 0.3) is 0 Å². The number of hydrogen-bond donors (Lipinski definition) is 0. The molecule has 8 heavy (non-hydrogen) atoms. The molecule has 0 N–H and O–H groups in total. The molecule has 0 aromatic rings. The van der Waals surface area contributed by atoms with Crippen LogP contribution in [0.4, 0.5) is 0 Å². The molecule has 0 rings (SSSR count). The Balaban J connectivity index is 0. The van der Waals surface area contributed by atoms with Gasteiger partial charge >= 0.3 is 18.9 Å². The van der Waals surface area contributed by atoms with E-state index in [2.05, 4.69) is 0 Å². The quantitative estimate of drug-likeness (QED) is 0.377. The van der Waals surface area contributed by atoms with E-state index in [1.54, 1.807) is 21.3 Å². The van der Waals surface area contributed by atoms with E-state index in [9.17, 15) is 0 Å². The Morgan fingerprint density at radius 2 is 1.12 bits per heavy atom. The van der Waals surface area contributed by atoms with Crippen molar-refractivity contribution in [2.45, 2.75) is 0 Å². The first-order valence-electron chi connectivity index (χ1n) is 1.84. The maximum Gasteiger partial charge on any atom is 1.00 e. The molecule has 0 aliphatic carbocycles. The smallest absolute Gasteiger partial charge is 0.544 e. The first-order valence-corrected chi connectivity index (χ1v) is 3.06. The molecule has 0 saturated carbocycles.